The van der Waals surface area contributed by atoms with Gasteiger partial charge in [0, 0.05) is 0 Å². The van der Waals surface area contributed by atoms with Gasteiger partial charge in [-0.05, 0) is 24.3 Å². The summed E-state index contributed by atoms with van der Waals surface area (Å²) in [4.78, 5) is 23.7. The molecule has 0 bridgehead atoms. The van der Waals surface area contributed by atoms with Crippen molar-refractivity contribution >= 4 is 27.5 Å². The number of esters is 1. The number of carbonyl (C=O) groups excluding carboxylic acids is 1. The fourth-order valence-corrected chi connectivity index (χ4v) is 3.03. The molecular formula is C16H13NO3S. The summed E-state index contributed by atoms with van der Waals surface area (Å²) in [7, 11) is 0. The molecule has 3 rings (SSSR count). The first-order chi connectivity index (χ1) is 10.3. The Morgan fingerprint density at radius 1 is 1.05 bits per heavy atom. The molecule has 2 aromatic carbocycles. The lowest BCUT2D eigenvalue weighted by molar-refractivity contribution is 0.0492. The van der Waals surface area contributed by atoms with E-state index >= 15 is 0 Å². The van der Waals surface area contributed by atoms with Crippen LogP contribution < -0.4 is 4.87 Å². The van der Waals surface area contributed by atoms with Crippen LogP contribution in [0.15, 0.2) is 59.4 Å². The Bertz CT molecular complexity index is 820. The van der Waals surface area contributed by atoms with Crippen LogP contribution in [0.3, 0.4) is 0 Å². The number of hydrogen-bond acceptors (Lipinski definition) is 4. The zero-order chi connectivity index (χ0) is 14.7. The maximum absolute atomic E-state index is 11.9. The molecule has 0 amide bonds. The molecule has 5 heteroatoms. The minimum absolute atomic E-state index is 0.0352. The van der Waals surface area contributed by atoms with E-state index in [0.29, 0.717) is 12.1 Å². The molecule has 0 saturated heterocycles. The number of benzene rings is 2. The number of fused-ring (bicyclic) bond motifs is 1. The van der Waals surface area contributed by atoms with Gasteiger partial charge in [-0.2, -0.15) is 0 Å². The van der Waals surface area contributed by atoms with E-state index in [1.165, 1.54) is 11.3 Å². The maximum Gasteiger partial charge on any atom is 0.338 e. The van der Waals surface area contributed by atoms with Gasteiger partial charge >= 0.3 is 10.8 Å². The van der Waals surface area contributed by atoms with E-state index in [1.54, 1.807) is 28.8 Å². The number of para-hydroxylation sites is 1. The quantitative estimate of drug-likeness (QED) is 0.696. The average molecular weight is 299 g/mol. The highest BCUT2D eigenvalue weighted by Gasteiger charge is 2.09. The SMILES string of the molecule is O=C(OCCn1c(=O)sc2ccccc21)c1ccccc1. The van der Waals surface area contributed by atoms with Crippen LogP contribution >= 0.6 is 11.3 Å². The summed E-state index contributed by atoms with van der Waals surface area (Å²) in [5.41, 5.74) is 1.39. The summed E-state index contributed by atoms with van der Waals surface area (Å²) >= 11 is 1.20. The van der Waals surface area contributed by atoms with Gasteiger partial charge in [0.05, 0.1) is 22.3 Å². The van der Waals surface area contributed by atoms with Gasteiger partial charge in [0.1, 0.15) is 6.61 Å². The minimum Gasteiger partial charge on any atom is -0.460 e. The molecule has 0 aliphatic carbocycles. The summed E-state index contributed by atoms with van der Waals surface area (Å²) in [6.07, 6.45) is 0. The van der Waals surface area contributed by atoms with Gasteiger partial charge in [-0.15, -0.1) is 0 Å². The maximum atomic E-state index is 11.9. The third-order valence-corrected chi connectivity index (χ3v) is 4.09. The summed E-state index contributed by atoms with van der Waals surface area (Å²) in [6.45, 7) is 0.537. The lowest BCUT2D eigenvalue weighted by Crippen LogP contribution is -2.18. The first kappa shape index (κ1) is 13.6. The van der Waals surface area contributed by atoms with Gasteiger partial charge in [-0.3, -0.25) is 9.36 Å². The van der Waals surface area contributed by atoms with Crippen LogP contribution in [-0.4, -0.2) is 17.1 Å². The highest BCUT2D eigenvalue weighted by molar-refractivity contribution is 7.16. The van der Waals surface area contributed by atoms with Crippen LogP contribution in [0, 0.1) is 0 Å². The standard InChI is InChI=1S/C16H13NO3S/c18-15(12-6-2-1-3-7-12)20-11-10-17-13-8-4-5-9-14(13)21-16(17)19/h1-9H,10-11H2. The van der Waals surface area contributed by atoms with Crippen molar-refractivity contribution in [3.05, 3.63) is 69.8 Å². The number of nitrogens with zero attached hydrogens (tertiary/aromatic N) is 1. The molecule has 106 valence electrons. The first-order valence-corrected chi connectivity index (χ1v) is 7.38. The van der Waals surface area contributed by atoms with E-state index in [-0.39, 0.29) is 17.4 Å². The molecule has 3 aromatic rings. The lowest BCUT2D eigenvalue weighted by Gasteiger charge is -2.06. The van der Waals surface area contributed by atoms with Crippen molar-refractivity contribution < 1.29 is 9.53 Å². The van der Waals surface area contributed by atoms with E-state index in [4.69, 9.17) is 4.74 Å². The van der Waals surface area contributed by atoms with Crippen LogP contribution in [0.2, 0.25) is 0 Å². The molecule has 1 aromatic heterocycles. The second kappa shape index (κ2) is 5.93. The zero-order valence-electron chi connectivity index (χ0n) is 11.2. The molecule has 0 fully saturated rings. The van der Waals surface area contributed by atoms with Crippen molar-refractivity contribution in [2.45, 2.75) is 6.54 Å². The van der Waals surface area contributed by atoms with Crippen molar-refractivity contribution in [3.63, 3.8) is 0 Å². The molecule has 0 aliphatic heterocycles. The van der Waals surface area contributed by atoms with Gasteiger partial charge in [0.25, 0.3) is 0 Å². The summed E-state index contributed by atoms with van der Waals surface area (Å²) in [5, 5.41) is 0. The molecule has 1 heterocycles. The van der Waals surface area contributed by atoms with Crippen molar-refractivity contribution in [1.29, 1.82) is 0 Å². The molecule has 0 N–H and O–H groups in total. The van der Waals surface area contributed by atoms with E-state index in [2.05, 4.69) is 0 Å². The second-order valence-electron chi connectivity index (χ2n) is 4.49. The highest BCUT2D eigenvalue weighted by Crippen LogP contribution is 2.16. The molecule has 0 atom stereocenters. The number of ether oxygens (including phenoxy) is 1. The number of thiazole rings is 1. The third-order valence-electron chi connectivity index (χ3n) is 3.13. The summed E-state index contributed by atoms with van der Waals surface area (Å²) in [6, 6.07) is 16.4. The van der Waals surface area contributed by atoms with Gasteiger partial charge in [0.15, 0.2) is 0 Å². The Labute approximate surface area is 125 Å². The van der Waals surface area contributed by atoms with Gasteiger partial charge in [-0.1, -0.05) is 41.7 Å². The molecule has 0 spiro atoms. The van der Waals surface area contributed by atoms with Crippen LogP contribution in [0.5, 0.6) is 0 Å². The number of carbonyl (C=O) groups is 1. The Kier molecular flexibility index (Phi) is 3.83. The van der Waals surface area contributed by atoms with E-state index in [1.807, 2.05) is 30.3 Å². The Balaban J connectivity index is 1.69. The highest BCUT2D eigenvalue weighted by atomic mass is 32.1. The lowest BCUT2D eigenvalue weighted by atomic mass is 10.2. The predicted molar refractivity (Wildman–Crippen MR) is 82.8 cm³/mol. The van der Waals surface area contributed by atoms with Crippen LogP contribution in [-0.2, 0) is 11.3 Å². The number of hydrogen-bond donors (Lipinski definition) is 0. The molecule has 4 nitrogen and oxygen atoms in total. The Hall–Kier alpha value is -2.40. The van der Waals surface area contributed by atoms with Crippen LogP contribution in [0.1, 0.15) is 10.4 Å². The first-order valence-electron chi connectivity index (χ1n) is 6.56. The zero-order valence-corrected chi connectivity index (χ0v) is 12.0. The molecule has 0 saturated carbocycles. The largest absolute Gasteiger partial charge is 0.460 e. The Morgan fingerprint density at radius 2 is 1.76 bits per heavy atom. The van der Waals surface area contributed by atoms with Gasteiger partial charge in [0.2, 0.25) is 0 Å². The number of rotatable bonds is 4. The molecular weight excluding hydrogens is 286 g/mol. The number of aromatic nitrogens is 1. The topological polar surface area (TPSA) is 48.3 Å². The molecule has 0 aliphatic rings. The van der Waals surface area contributed by atoms with Gasteiger partial charge in [-0.25, -0.2) is 4.79 Å². The summed E-state index contributed by atoms with van der Waals surface area (Å²) < 4.78 is 7.79. The fraction of sp³-hybridized carbons (Fsp3) is 0.125. The van der Waals surface area contributed by atoms with Crippen molar-refractivity contribution in [2.24, 2.45) is 0 Å². The average Bonchev–Trinajstić information content (AvgIpc) is 2.84. The molecule has 0 radical (unpaired) electrons. The summed E-state index contributed by atoms with van der Waals surface area (Å²) in [5.74, 6) is -0.372. The Morgan fingerprint density at radius 3 is 2.57 bits per heavy atom. The van der Waals surface area contributed by atoms with Crippen LogP contribution in [0.4, 0.5) is 0 Å². The molecule has 0 unspecified atom stereocenters. The van der Waals surface area contributed by atoms with Gasteiger partial charge < -0.3 is 4.74 Å². The smallest absolute Gasteiger partial charge is 0.338 e. The van der Waals surface area contributed by atoms with E-state index in [9.17, 15) is 9.59 Å². The van der Waals surface area contributed by atoms with Crippen LogP contribution in [0.25, 0.3) is 10.2 Å². The third kappa shape index (κ3) is 2.87. The van der Waals surface area contributed by atoms with E-state index in [0.717, 1.165) is 10.2 Å². The van der Waals surface area contributed by atoms with Crippen molar-refractivity contribution in [3.8, 4) is 0 Å². The second-order valence-corrected chi connectivity index (χ2v) is 5.48. The van der Waals surface area contributed by atoms with Crippen molar-refractivity contribution in [2.75, 3.05) is 6.61 Å². The predicted octanol–water partition coefficient (Wildman–Crippen LogP) is 2.92. The molecule has 21 heavy (non-hydrogen) atoms. The fourth-order valence-electron chi connectivity index (χ4n) is 2.11. The minimum atomic E-state index is -0.372. The van der Waals surface area contributed by atoms with Crippen molar-refractivity contribution in [1.82, 2.24) is 4.57 Å². The normalized spacial score (nSPS) is 10.7. The monoisotopic (exact) mass is 299 g/mol. The van der Waals surface area contributed by atoms with E-state index < -0.39 is 0 Å².